The zero-order valence-corrected chi connectivity index (χ0v) is 14.2. The Kier molecular flexibility index (Phi) is 4.33. The third-order valence-corrected chi connectivity index (χ3v) is 5.19. The SMILES string of the molecule is Cc1ccc(C(=O)NC2CC3CCC(C2)N3)cc1NS(C)(=O)=O. The lowest BCUT2D eigenvalue weighted by Gasteiger charge is -2.29. The van der Waals surface area contributed by atoms with Gasteiger partial charge in [0.05, 0.1) is 11.9 Å². The molecule has 0 saturated carbocycles. The highest BCUT2D eigenvalue weighted by atomic mass is 32.2. The van der Waals surface area contributed by atoms with Crippen molar-refractivity contribution in [2.45, 2.75) is 50.7 Å². The first-order valence-electron chi connectivity index (χ1n) is 7.95. The number of carbonyl (C=O) groups is 1. The van der Waals surface area contributed by atoms with Crippen molar-refractivity contribution in [3.63, 3.8) is 0 Å². The summed E-state index contributed by atoms with van der Waals surface area (Å²) in [5.41, 5.74) is 1.71. The molecule has 6 nitrogen and oxygen atoms in total. The van der Waals surface area contributed by atoms with Crippen LogP contribution in [0.2, 0.25) is 0 Å². The Morgan fingerprint density at radius 1 is 1.22 bits per heavy atom. The number of carbonyl (C=O) groups excluding carboxylic acids is 1. The largest absolute Gasteiger partial charge is 0.349 e. The molecule has 126 valence electrons. The number of nitrogens with one attached hydrogen (secondary N) is 3. The van der Waals surface area contributed by atoms with Crippen LogP contribution in [0.3, 0.4) is 0 Å². The van der Waals surface area contributed by atoms with Crippen molar-refractivity contribution in [1.82, 2.24) is 10.6 Å². The monoisotopic (exact) mass is 337 g/mol. The Hall–Kier alpha value is -1.60. The number of hydrogen-bond donors (Lipinski definition) is 3. The first-order valence-corrected chi connectivity index (χ1v) is 9.84. The zero-order valence-electron chi connectivity index (χ0n) is 13.4. The van der Waals surface area contributed by atoms with Crippen molar-refractivity contribution in [3.05, 3.63) is 29.3 Å². The fourth-order valence-corrected chi connectivity index (χ4v) is 4.14. The lowest BCUT2D eigenvalue weighted by molar-refractivity contribution is 0.0924. The van der Waals surface area contributed by atoms with E-state index in [1.807, 2.05) is 0 Å². The zero-order chi connectivity index (χ0) is 16.6. The van der Waals surface area contributed by atoms with Crippen LogP contribution in [0.1, 0.15) is 41.6 Å². The van der Waals surface area contributed by atoms with Crippen LogP contribution in [0.4, 0.5) is 5.69 Å². The molecule has 2 saturated heterocycles. The van der Waals surface area contributed by atoms with E-state index in [-0.39, 0.29) is 11.9 Å². The Morgan fingerprint density at radius 2 is 1.87 bits per heavy atom. The fourth-order valence-electron chi connectivity index (χ4n) is 3.52. The molecular weight excluding hydrogens is 314 g/mol. The normalized spacial score (nSPS) is 26.8. The van der Waals surface area contributed by atoms with Crippen molar-refractivity contribution in [1.29, 1.82) is 0 Å². The van der Waals surface area contributed by atoms with Crippen LogP contribution in [-0.4, -0.2) is 38.7 Å². The highest BCUT2D eigenvalue weighted by Gasteiger charge is 2.34. The fraction of sp³-hybridized carbons (Fsp3) is 0.562. The minimum Gasteiger partial charge on any atom is -0.349 e. The molecule has 2 aliphatic rings. The number of benzene rings is 1. The molecule has 0 aliphatic carbocycles. The molecule has 0 spiro atoms. The highest BCUT2D eigenvalue weighted by molar-refractivity contribution is 7.92. The standard InChI is InChI=1S/C16H23N3O3S/c1-10-3-4-11(7-15(10)19-23(2,21)22)16(20)18-14-8-12-5-6-13(9-14)17-12/h3-4,7,12-14,17,19H,5-6,8-9H2,1-2H3,(H,18,20). The van der Waals surface area contributed by atoms with Crippen LogP contribution in [0.25, 0.3) is 0 Å². The van der Waals surface area contributed by atoms with Crippen LogP contribution in [0, 0.1) is 6.92 Å². The predicted molar refractivity (Wildman–Crippen MR) is 90.1 cm³/mol. The third-order valence-electron chi connectivity index (χ3n) is 4.60. The molecule has 2 bridgehead atoms. The smallest absolute Gasteiger partial charge is 0.251 e. The molecule has 3 rings (SSSR count). The lowest BCUT2D eigenvalue weighted by atomic mass is 9.99. The lowest BCUT2D eigenvalue weighted by Crippen LogP contribution is -2.48. The molecule has 3 N–H and O–H groups in total. The second-order valence-corrected chi connectivity index (χ2v) is 8.43. The number of hydrogen-bond acceptors (Lipinski definition) is 4. The van der Waals surface area contributed by atoms with Crippen molar-refractivity contribution < 1.29 is 13.2 Å². The van der Waals surface area contributed by atoms with Gasteiger partial charge in [0.25, 0.3) is 5.91 Å². The molecule has 2 heterocycles. The van der Waals surface area contributed by atoms with E-state index in [4.69, 9.17) is 0 Å². The quantitative estimate of drug-likeness (QED) is 0.775. The minimum absolute atomic E-state index is 0.146. The maximum absolute atomic E-state index is 12.5. The van der Waals surface area contributed by atoms with E-state index in [0.29, 0.717) is 23.3 Å². The van der Waals surface area contributed by atoms with Gasteiger partial charge in [0.1, 0.15) is 0 Å². The molecule has 7 heteroatoms. The maximum Gasteiger partial charge on any atom is 0.251 e. The van der Waals surface area contributed by atoms with Gasteiger partial charge in [-0.3, -0.25) is 9.52 Å². The van der Waals surface area contributed by atoms with E-state index in [2.05, 4.69) is 15.4 Å². The van der Waals surface area contributed by atoms with E-state index < -0.39 is 10.0 Å². The molecule has 1 aromatic carbocycles. The Labute approximate surface area is 137 Å². The molecule has 2 fully saturated rings. The van der Waals surface area contributed by atoms with E-state index in [9.17, 15) is 13.2 Å². The number of rotatable bonds is 4. The molecule has 0 radical (unpaired) electrons. The predicted octanol–water partition coefficient (Wildman–Crippen LogP) is 1.38. The van der Waals surface area contributed by atoms with Gasteiger partial charge in [-0.05, 0) is 50.3 Å². The van der Waals surface area contributed by atoms with Crippen LogP contribution in [-0.2, 0) is 10.0 Å². The molecule has 2 atom stereocenters. The van der Waals surface area contributed by atoms with Gasteiger partial charge in [0, 0.05) is 23.7 Å². The molecular formula is C16H23N3O3S. The van der Waals surface area contributed by atoms with Gasteiger partial charge in [-0.2, -0.15) is 0 Å². The minimum atomic E-state index is -3.37. The number of sulfonamides is 1. The third kappa shape index (κ3) is 4.03. The summed E-state index contributed by atoms with van der Waals surface area (Å²) < 4.78 is 25.3. The van der Waals surface area contributed by atoms with Gasteiger partial charge >= 0.3 is 0 Å². The van der Waals surface area contributed by atoms with Crippen molar-refractivity contribution in [2.75, 3.05) is 11.0 Å². The van der Waals surface area contributed by atoms with Gasteiger partial charge in [-0.15, -0.1) is 0 Å². The molecule has 1 amide bonds. The average Bonchev–Trinajstić information content (AvgIpc) is 2.79. The van der Waals surface area contributed by atoms with Gasteiger partial charge in [0.15, 0.2) is 0 Å². The van der Waals surface area contributed by atoms with E-state index in [1.54, 1.807) is 25.1 Å². The van der Waals surface area contributed by atoms with E-state index in [1.165, 1.54) is 12.8 Å². The van der Waals surface area contributed by atoms with Crippen molar-refractivity contribution >= 4 is 21.6 Å². The number of amides is 1. The molecule has 2 aliphatic heterocycles. The number of fused-ring (bicyclic) bond motifs is 2. The molecule has 23 heavy (non-hydrogen) atoms. The van der Waals surface area contributed by atoms with Crippen molar-refractivity contribution in [2.24, 2.45) is 0 Å². The van der Waals surface area contributed by atoms with Crippen LogP contribution < -0.4 is 15.4 Å². The van der Waals surface area contributed by atoms with Crippen LogP contribution >= 0.6 is 0 Å². The summed E-state index contributed by atoms with van der Waals surface area (Å²) in [7, 11) is -3.37. The summed E-state index contributed by atoms with van der Waals surface area (Å²) in [4.78, 5) is 12.5. The summed E-state index contributed by atoms with van der Waals surface area (Å²) >= 11 is 0. The second-order valence-electron chi connectivity index (χ2n) is 6.68. The van der Waals surface area contributed by atoms with Gasteiger partial charge in [-0.25, -0.2) is 8.42 Å². The summed E-state index contributed by atoms with van der Waals surface area (Å²) in [6.45, 7) is 1.81. The first-order chi connectivity index (χ1) is 10.8. The van der Waals surface area contributed by atoms with Gasteiger partial charge in [-0.1, -0.05) is 6.07 Å². The summed E-state index contributed by atoms with van der Waals surface area (Å²) in [6.07, 6.45) is 5.39. The van der Waals surface area contributed by atoms with E-state index >= 15 is 0 Å². The average molecular weight is 337 g/mol. The molecule has 0 aromatic heterocycles. The van der Waals surface area contributed by atoms with Gasteiger partial charge < -0.3 is 10.6 Å². The Balaban J connectivity index is 1.71. The topological polar surface area (TPSA) is 87.3 Å². The summed E-state index contributed by atoms with van der Waals surface area (Å²) in [5, 5.41) is 6.64. The van der Waals surface area contributed by atoms with Crippen LogP contribution in [0.5, 0.6) is 0 Å². The van der Waals surface area contributed by atoms with Gasteiger partial charge in [0.2, 0.25) is 10.0 Å². The summed E-state index contributed by atoms with van der Waals surface area (Å²) in [5.74, 6) is -0.146. The molecule has 1 aromatic rings. The van der Waals surface area contributed by atoms with Crippen molar-refractivity contribution in [3.8, 4) is 0 Å². The number of piperidine rings is 1. The summed E-state index contributed by atoms with van der Waals surface area (Å²) in [6, 6.07) is 6.30. The Morgan fingerprint density at radius 3 is 2.48 bits per heavy atom. The second kappa shape index (κ2) is 6.13. The van der Waals surface area contributed by atoms with E-state index in [0.717, 1.165) is 24.7 Å². The van der Waals surface area contributed by atoms with Crippen LogP contribution in [0.15, 0.2) is 18.2 Å². The Bertz CT molecular complexity index is 705. The maximum atomic E-state index is 12.5. The first kappa shape index (κ1) is 16.3. The highest BCUT2D eigenvalue weighted by Crippen LogP contribution is 2.27. The molecule has 2 unspecified atom stereocenters. The number of anilines is 1. The number of aryl methyl sites for hydroxylation is 1.